The third-order valence-corrected chi connectivity index (χ3v) is 6.30. The molecule has 0 spiro atoms. The number of ether oxygens (including phenoxy) is 6. The third kappa shape index (κ3) is 8.48. The number of hydrogen-bond donors (Lipinski definition) is 1. The van der Waals surface area contributed by atoms with Crippen molar-refractivity contribution in [1.29, 1.82) is 0 Å². The van der Waals surface area contributed by atoms with Crippen LogP contribution in [0, 0.1) is 5.92 Å². The van der Waals surface area contributed by atoms with Crippen LogP contribution in [0.3, 0.4) is 0 Å². The van der Waals surface area contributed by atoms with Crippen LogP contribution in [-0.2, 0) is 33.3 Å². The van der Waals surface area contributed by atoms with Crippen molar-refractivity contribution in [3.63, 3.8) is 0 Å². The van der Waals surface area contributed by atoms with Gasteiger partial charge >= 0.3 is 5.97 Å². The first-order valence-electron chi connectivity index (χ1n) is 13.0. The number of rotatable bonds is 8. The fourth-order valence-electron chi connectivity index (χ4n) is 4.13. The Balaban J connectivity index is 2.01. The summed E-state index contributed by atoms with van der Waals surface area (Å²) in [5.74, 6) is -2.41. The number of hydrogen-bond acceptors (Lipinski definition) is 10. The van der Waals surface area contributed by atoms with Crippen molar-refractivity contribution in [3.8, 4) is 11.5 Å². The quantitative estimate of drug-likeness (QED) is 0.374. The Hall–Kier alpha value is -3.54. The predicted octanol–water partition coefficient (Wildman–Crippen LogP) is 3.00. The van der Waals surface area contributed by atoms with Gasteiger partial charge in [0.25, 0.3) is 0 Å². The Morgan fingerprint density at radius 1 is 1.10 bits per heavy atom. The van der Waals surface area contributed by atoms with Crippen molar-refractivity contribution >= 4 is 29.5 Å². The molecule has 2 aliphatic heterocycles. The third-order valence-electron chi connectivity index (χ3n) is 6.30. The summed E-state index contributed by atoms with van der Waals surface area (Å²) in [6, 6.07) is 3.05. The fraction of sp³-hybridized carbons (Fsp3) is 0.517. The number of methoxy groups -OCH3 is 1. The number of benzene rings is 1. The number of Topliss-reactive ketones (excluding diaryl/α,β-unsaturated/α-hetero) is 1. The number of esters is 1. The second-order valence-electron chi connectivity index (χ2n) is 10.1. The van der Waals surface area contributed by atoms with E-state index < -0.39 is 30.1 Å². The Labute approximate surface area is 233 Å². The number of cyclic esters (lactones) is 1. The number of nitrogens with one attached hydrogen (secondary N) is 1. The van der Waals surface area contributed by atoms with Gasteiger partial charge in [0.05, 0.1) is 12.6 Å². The van der Waals surface area contributed by atoms with Crippen LogP contribution in [0.4, 0.5) is 0 Å². The molecule has 218 valence electrons. The standard InChI is InChI=1S/C29H37NO10/c1-17-10-11-23(33)27-24(39-29(4,5)40-27)9-7-8-20-12-22(36-15-21(32)14-30-19(3)31)13-25(37-16-35-6)26(20)28(34)38-18(17)2/h7-8,10-13,17-18,24,27H,9,14-16H2,1-6H3,(H,30,31)/b8-7+,11-10-/t17-,18+,24?,27?/m1/s1. The van der Waals surface area contributed by atoms with Crippen molar-refractivity contribution in [3.05, 3.63) is 41.5 Å². The van der Waals surface area contributed by atoms with Gasteiger partial charge in [-0.15, -0.1) is 0 Å². The number of amides is 1. The van der Waals surface area contributed by atoms with Gasteiger partial charge in [0.2, 0.25) is 5.91 Å². The zero-order valence-corrected chi connectivity index (χ0v) is 23.7. The molecule has 2 heterocycles. The molecule has 2 unspecified atom stereocenters. The number of carbonyl (C=O) groups excluding carboxylic acids is 4. The van der Waals surface area contributed by atoms with E-state index in [4.69, 9.17) is 28.4 Å². The average molecular weight is 560 g/mol. The van der Waals surface area contributed by atoms with Crippen LogP contribution in [0.25, 0.3) is 6.08 Å². The van der Waals surface area contributed by atoms with Crippen LogP contribution in [-0.4, -0.2) is 74.6 Å². The molecule has 3 rings (SSSR count). The van der Waals surface area contributed by atoms with Crippen LogP contribution in [0.15, 0.2) is 30.4 Å². The Kier molecular flexibility index (Phi) is 10.6. The smallest absolute Gasteiger partial charge is 0.342 e. The first-order chi connectivity index (χ1) is 18.9. The second-order valence-corrected chi connectivity index (χ2v) is 10.1. The summed E-state index contributed by atoms with van der Waals surface area (Å²) in [6.45, 7) is 7.72. The molecule has 1 N–H and O–H groups in total. The predicted molar refractivity (Wildman–Crippen MR) is 144 cm³/mol. The number of fused-ring (bicyclic) bond motifs is 2. The molecule has 0 aliphatic carbocycles. The maximum absolute atomic E-state index is 13.4. The maximum Gasteiger partial charge on any atom is 0.342 e. The first kappa shape index (κ1) is 31.0. The summed E-state index contributed by atoms with van der Waals surface area (Å²) in [5.41, 5.74) is 0.540. The average Bonchev–Trinajstić information content (AvgIpc) is 3.21. The molecular weight excluding hydrogens is 522 g/mol. The highest BCUT2D eigenvalue weighted by atomic mass is 16.8. The molecule has 2 aliphatic rings. The SMILES string of the molecule is COCOc1cc(OCC(=O)CNC(C)=O)cc2c1C(=O)O[C@@H](C)[C@H](C)/C=C\C(=O)C1OC(C)(C)OC1C/C=C/2. The van der Waals surface area contributed by atoms with E-state index in [2.05, 4.69) is 5.32 Å². The summed E-state index contributed by atoms with van der Waals surface area (Å²) < 4.78 is 34.1. The summed E-state index contributed by atoms with van der Waals surface area (Å²) in [6.07, 6.45) is 4.95. The Bertz CT molecular complexity index is 1170. The molecule has 1 saturated heterocycles. The zero-order valence-electron chi connectivity index (χ0n) is 23.7. The summed E-state index contributed by atoms with van der Waals surface area (Å²) in [5, 5.41) is 2.43. The van der Waals surface area contributed by atoms with Gasteiger partial charge in [0.15, 0.2) is 24.1 Å². The molecule has 0 bridgehead atoms. The normalized spacial score (nSPS) is 25.9. The fourth-order valence-corrected chi connectivity index (χ4v) is 4.13. The lowest BCUT2D eigenvalue weighted by atomic mass is 9.99. The molecule has 0 radical (unpaired) electrons. The van der Waals surface area contributed by atoms with Crippen LogP contribution in [0.5, 0.6) is 11.5 Å². The summed E-state index contributed by atoms with van der Waals surface area (Å²) >= 11 is 0. The van der Waals surface area contributed by atoms with Crippen LogP contribution in [0.2, 0.25) is 0 Å². The van der Waals surface area contributed by atoms with E-state index in [9.17, 15) is 19.2 Å². The lowest BCUT2D eigenvalue weighted by Gasteiger charge is -2.21. The summed E-state index contributed by atoms with van der Waals surface area (Å²) in [4.78, 5) is 49.6. The van der Waals surface area contributed by atoms with Gasteiger partial charge in [-0.05, 0) is 44.9 Å². The zero-order chi connectivity index (χ0) is 29.4. The van der Waals surface area contributed by atoms with Crippen molar-refractivity contribution in [1.82, 2.24) is 5.32 Å². The van der Waals surface area contributed by atoms with E-state index in [0.29, 0.717) is 12.0 Å². The van der Waals surface area contributed by atoms with Gasteiger partial charge in [0.1, 0.15) is 35.9 Å². The minimum Gasteiger partial charge on any atom is -0.486 e. The molecule has 1 fully saturated rings. The lowest BCUT2D eigenvalue weighted by molar-refractivity contribution is -0.152. The minimum atomic E-state index is -0.942. The van der Waals surface area contributed by atoms with Crippen molar-refractivity contribution in [2.75, 3.05) is 27.1 Å². The topological polar surface area (TPSA) is 136 Å². The molecule has 0 aromatic heterocycles. The van der Waals surface area contributed by atoms with Gasteiger partial charge in [-0.25, -0.2) is 4.79 Å². The molecule has 1 aromatic carbocycles. The second kappa shape index (κ2) is 13.7. The van der Waals surface area contributed by atoms with E-state index in [1.54, 1.807) is 45.1 Å². The largest absolute Gasteiger partial charge is 0.486 e. The van der Waals surface area contributed by atoms with E-state index in [1.807, 2.05) is 6.92 Å². The molecule has 1 aromatic rings. The van der Waals surface area contributed by atoms with Crippen molar-refractivity contribution < 1.29 is 47.6 Å². The highest BCUT2D eigenvalue weighted by Crippen LogP contribution is 2.34. The van der Waals surface area contributed by atoms with Crippen molar-refractivity contribution in [2.45, 2.75) is 65.1 Å². The molecule has 0 saturated carbocycles. The first-order valence-corrected chi connectivity index (χ1v) is 13.0. The van der Waals surface area contributed by atoms with E-state index in [0.717, 1.165) is 0 Å². The van der Waals surface area contributed by atoms with Gasteiger partial charge in [0, 0.05) is 26.0 Å². The monoisotopic (exact) mass is 559 g/mol. The molecule has 4 atom stereocenters. The highest BCUT2D eigenvalue weighted by molar-refractivity contribution is 5.97. The number of ketones is 2. The highest BCUT2D eigenvalue weighted by Gasteiger charge is 2.43. The van der Waals surface area contributed by atoms with Gasteiger partial charge in [-0.3, -0.25) is 14.4 Å². The van der Waals surface area contributed by atoms with Crippen LogP contribution in [0.1, 0.15) is 57.0 Å². The lowest BCUT2D eigenvalue weighted by Crippen LogP contribution is -2.30. The number of carbonyl (C=O) groups is 4. The van der Waals surface area contributed by atoms with E-state index in [-0.39, 0.29) is 60.4 Å². The minimum absolute atomic E-state index is 0.135. The molecule has 11 heteroatoms. The van der Waals surface area contributed by atoms with Gasteiger partial charge in [-0.2, -0.15) is 0 Å². The Morgan fingerprint density at radius 3 is 2.55 bits per heavy atom. The van der Waals surface area contributed by atoms with E-state index in [1.165, 1.54) is 26.2 Å². The molecule has 11 nitrogen and oxygen atoms in total. The van der Waals surface area contributed by atoms with Crippen molar-refractivity contribution in [2.24, 2.45) is 5.92 Å². The molecule has 40 heavy (non-hydrogen) atoms. The molecule has 1 amide bonds. The van der Waals surface area contributed by atoms with Crippen LogP contribution < -0.4 is 14.8 Å². The van der Waals surface area contributed by atoms with Gasteiger partial charge < -0.3 is 33.7 Å². The Morgan fingerprint density at radius 2 is 1.85 bits per heavy atom. The van der Waals surface area contributed by atoms with Gasteiger partial charge in [-0.1, -0.05) is 25.2 Å². The summed E-state index contributed by atoms with van der Waals surface area (Å²) in [7, 11) is 1.44. The molecular formula is C29H37NO10. The van der Waals surface area contributed by atoms with E-state index >= 15 is 0 Å². The maximum atomic E-state index is 13.4. The van der Waals surface area contributed by atoms with Crippen LogP contribution >= 0.6 is 0 Å².